The van der Waals surface area contributed by atoms with Crippen LogP contribution in [0, 0.1) is 12.8 Å². The zero-order valence-corrected chi connectivity index (χ0v) is 15.4. The molecule has 0 amide bonds. The predicted molar refractivity (Wildman–Crippen MR) is 101 cm³/mol. The Bertz CT molecular complexity index is 930. The van der Waals surface area contributed by atoms with Crippen LogP contribution in [0.25, 0.3) is 11.3 Å². The molecule has 134 valence electrons. The smallest absolute Gasteiger partial charge is 0.266 e. The van der Waals surface area contributed by atoms with E-state index >= 15 is 0 Å². The molecule has 0 N–H and O–H groups in total. The molecule has 0 bridgehead atoms. The SMILES string of the molecule is Cc1nsc(N2CCC(Cn3nc(-c4ccncc4)ccc3=O)CC2)n1. The second-order valence-corrected chi connectivity index (χ2v) is 7.26. The zero-order chi connectivity index (χ0) is 17.9. The zero-order valence-electron chi connectivity index (χ0n) is 14.6. The predicted octanol–water partition coefficient (Wildman–Crippen LogP) is 2.38. The molecule has 1 fully saturated rings. The molecule has 7 nitrogen and oxygen atoms in total. The van der Waals surface area contributed by atoms with E-state index in [1.807, 2.05) is 19.1 Å². The van der Waals surface area contributed by atoms with Crippen molar-refractivity contribution in [3.63, 3.8) is 0 Å². The van der Waals surface area contributed by atoms with Crippen molar-refractivity contribution in [2.75, 3.05) is 18.0 Å². The van der Waals surface area contributed by atoms with E-state index in [-0.39, 0.29) is 5.56 Å². The van der Waals surface area contributed by atoms with Gasteiger partial charge in [0.05, 0.1) is 5.69 Å². The van der Waals surface area contributed by atoms with Gasteiger partial charge in [-0.25, -0.2) is 9.67 Å². The lowest BCUT2D eigenvalue weighted by molar-refractivity contribution is 0.335. The molecule has 26 heavy (non-hydrogen) atoms. The van der Waals surface area contributed by atoms with E-state index in [2.05, 4.69) is 24.3 Å². The molecule has 4 rings (SSSR count). The molecular formula is C18H20N6OS. The Morgan fingerprint density at radius 1 is 1.15 bits per heavy atom. The van der Waals surface area contributed by atoms with Crippen LogP contribution in [-0.4, -0.2) is 37.2 Å². The van der Waals surface area contributed by atoms with E-state index in [1.165, 1.54) is 11.5 Å². The third kappa shape index (κ3) is 3.65. The number of anilines is 1. The summed E-state index contributed by atoms with van der Waals surface area (Å²) in [4.78, 5) is 23.0. The number of nitrogens with zero attached hydrogens (tertiary/aromatic N) is 6. The molecular weight excluding hydrogens is 348 g/mol. The van der Waals surface area contributed by atoms with E-state index in [9.17, 15) is 4.79 Å². The number of hydrogen-bond donors (Lipinski definition) is 0. The summed E-state index contributed by atoms with van der Waals surface area (Å²) in [5.74, 6) is 1.27. The van der Waals surface area contributed by atoms with Gasteiger partial charge in [0.15, 0.2) is 0 Å². The third-order valence-corrected chi connectivity index (χ3v) is 5.54. The maximum absolute atomic E-state index is 12.2. The van der Waals surface area contributed by atoms with Crippen LogP contribution in [0.2, 0.25) is 0 Å². The first-order valence-corrected chi connectivity index (χ1v) is 9.50. The molecule has 0 saturated carbocycles. The topological polar surface area (TPSA) is 76.8 Å². The summed E-state index contributed by atoms with van der Waals surface area (Å²) in [6, 6.07) is 7.18. The number of aromatic nitrogens is 5. The molecule has 1 saturated heterocycles. The summed E-state index contributed by atoms with van der Waals surface area (Å²) < 4.78 is 5.86. The van der Waals surface area contributed by atoms with Crippen molar-refractivity contribution in [3.05, 3.63) is 52.8 Å². The van der Waals surface area contributed by atoms with Crippen LogP contribution in [0.4, 0.5) is 5.13 Å². The summed E-state index contributed by atoms with van der Waals surface area (Å²) in [5.41, 5.74) is 1.72. The molecule has 1 aliphatic rings. The molecule has 3 aromatic heterocycles. The highest BCUT2D eigenvalue weighted by atomic mass is 32.1. The van der Waals surface area contributed by atoms with Crippen LogP contribution in [-0.2, 0) is 6.54 Å². The molecule has 1 aliphatic heterocycles. The minimum Gasteiger partial charge on any atom is -0.347 e. The van der Waals surface area contributed by atoms with Crippen molar-refractivity contribution in [1.29, 1.82) is 0 Å². The molecule has 0 aromatic carbocycles. The summed E-state index contributed by atoms with van der Waals surface area (Å²) in [7, 11) is 0. The Labute approximate surface area is 155 Å². The first kappa shape index (κ1) is 16.8. The van der Waals surface area contributed by atoms with Crippen LogP contribution in [0.1, 0.15) is 18.7 Å². The lowest BCUT2D eigenvalue weighted by atomic mass is 9.97. The van der Waals surface area contributed by atoms with Crippen LogP contribution < -0.4 is 10.5 Å². The minimum atomic E-state index is -0.0509. The normalized spacial score (nSPS) is 15.3. The second kappa shape index (κ2) is 7.33. The van der Waals surface area contributed by atoms with Crippen molar-refractivity contribution in [1.82, 2.24) is 24.1 Å². The number of aryl methyl sites for hydroxylation is 1. The van der Waals surface area contributed by atoms with Gasteiger partial charge in [0.25, 0.3) is 5.56 Å². The van der Waals surface area contributed by atoms with Crippen molar-refractivity contribution in [3.8, 4) is 11.3 Å². The third-order valence-electron chi connectivity index (χ3n) is 4.68. The van der Waals surface area contributed by atoms with Crippen LogP contribution in [0.5, 0.6) is 0 Å². The Kier molecular flexibility index (Phi) is 4.75. The lowest BCUT2D eigenvalue weighted by Gasteiger charge is -2.31. The number of rotatable bonds is 4. The first-order chi connectivity index (χ1) is 12.7. The van der Waals surface area contributed by atoms with E-state index in [4.69, 9.17) is 0 Å². The Balaban J connectivity index is 1.44. The number of piperidine rings is 1. The standard InChI is InChI=1S/C18H20N6OS/c1-13-20-18(26-22-13)23-10-6-14(7-11-23)12-24-17(25)3-2-16(21-24)15-4-8-19-9-5-15/h2-5,8-9,14H,6-7,10-12H2,1H3. The number of hydrogen-bond acceptors (Lipinski definition) is 7. The fraction of sp³-hybridized carbons (Fsp3) is 0.389. The van der Waals surface area contributed by atoms with Gasteiger partial charge < -0.3 is 4.90 Å². The van der Waals surface area contributed by atoms with Crippen molar-refractivity contribution in [2.45, 2.75) is 26.3 Å². The summed E-state index contributed by atoms with van der Waals surface area (Å²) >= 11 is 1.46. The fourth-order valence-electron chi connectivity index (χ4n) is 3.22. The van der Waals surface area contributed by atoms with Crippen LogP contribution in [0.15, 0.2) is 41.5 Å². The first-order valence-electron chi connectivity index (χ1n) is 8.73. The largest absolute Gasteiger partial charge is 0.347 e. The van der Waals surface area contributed by atoms with Crippen molar-refractivity contribution in [2.24, 2.45) is 5.92 Å². The van der Waals surface area contributed by atoms with Gasteiger partial charge in [-0.3, -0.25) is 9.78 Å². The minimum absolute atomic E-state index is 0.0509. The maximum atomic E-state index is 12.2. The van der Waals surface area contributed by atoms with Gasteiger partial charge in [0, 0.05) is 55.2 Å². The maximum Gasteiger partial charge on any atom is 0.266 e. The highest BCUT2D eigenvalue weighted by Crippen LogP contribution is 2.25. The van der Waals surface area contributed by atoms with Gasteiger partial charge in [0.2, 0.25) is 5.13 Å². The average molecular weight is 368 g/mol. The van der Waals surface area contributed by atoms with Gasteiger partial charge in [-0.15, -0.1) is 0 Å². The molecule has 4 heterocycles. The van der Waals surface area contributed by atoms with E-state index in [1.54, 1.807) is 29.2 Å². The molecule has 0 atom stereocenters. The summed E-state index contributed by atoms with van der Waals surface area (Å²) in [6.45, 7) is 4.46. The van der Waals surface area contributed by atoms with Gasteiger partial charge >= 0.3 is 0 Å². The molecule has 0 spiro atoms. The molecule has 8 heteroatoms. The number of pyridine rings is 1. The van der Waals surface area contributed by atoms with Crippen LogP contribution >= 0.6 is 11.5 Å². The van der Waals surface area contributed by atoms with Crippen molar-refractivity contribution >= 4 is 16.7 Å². The summed E-state index contributed by atoms with van der Waals surface area (Å²) in [5, 5.41) is 5.56. The lowest BCUT2D eigenvalue weighted by Crippen LogP contribution is -2.36. The van der Waals surface area contributed by atoms with Gasteiger partial charge in [-0.2, -0.15) is 9.47 Å². The second-order valence-electron chi connectivity index (χ2n) is 6.53. The molecule has 0 radical (unpaired) electrons. The van der Waals surface area contributed by atoms with E-state index in [0.29, 0.717) is 12.5 Å². The van der Waals surface area contributed by atoms with Crippen LogP contribution in [0.3, 0.4) is 0 Å². The Hall–Kier alpha value is -2.61. The Morgan fingerprint density at radius 2 is 1.92 bits per heavy atom. The Morgan fingerprint density at radius 3 is 2.62 bits per heavy atom. The molecule has 0 aliphatic carbocycles. The highest BCUT2D eigenvalue weighted by Gasteiger charge is 2.22. The fourth-order valence-corrected chi connectivity index (χ4v) is 3.95. The molecule has 0 unspecified atom stereocenters. The van der Waals surface area contributed by atoms with E-state index < -0.39 is 0 Å². The van der Waals surface area contributed by atoms with Gasteiger partial charge in [0.1, 0.15) is 5.82 Å². The monoisotopic (exact) mass is 368 g/mol. The summed E-state index contributed by atoms with van der Waals surface area (Å²) in [6.07, 6.45) is 5.51. The average Bonchev–Trinajstić information content (AvgIpc) is 3.11. The van der Waals surface area contributed by atoms with E-state index in [0.717, 1.165) is 48.1 Å². The quantitative estimate of drug-likeness (QED) is 0.704. The van der Waals surface area contributed by atoms with Gasteiger partial charge in [-0.1, -0.05) is 0 Å². The molecule has 3 aromatic rings. The van der Waals surface area contributed by atoms with Crippen molar-refractivity contribution < 1.29 is 0 Å². The highest BCUT2D eigenvalue weighted by molar-refractivity contribution is 7.09. The van der Waals surface area contributed by atoms with Gasteiger partial charge in [-0.05, 0) is 43.9 Å².